The lowest BCUT2D eigenvalue weighted by Gasteiger charge is -2.42. The lowest BCUT2D eigenvalue weighted by molar-refractivity contribution is 0.628. The van der Waals surface area contributed by atoms with E-state index in [1.54, 1.807) is 0 Å². The third-order valence-corrected chi connectivity index (χ3v) is 14.1. The fraction of sp³-hybridized carbons (Fsp3) is 0.105. The fourth-order valence-electron chi connectivity index (χ4n) is 11.1. The fourth-order valence-corrected chi connectivity index (χ4v) is 11.1. The average Bonchev–Trinajstić information content (AvgIpc) is 3.73. The molecule has 9 aromatic carbocycles. The van der Waals surface area contributed by atoms with Gasteiger partial charge in [0.1, 0.15) is 11.6 Å². The lowest BCUT2D eigenvalue weighted by atomic mass is 9.71. The quantitative estimate of drug-likeness (QED) is 0.163. The molecule has 60 heavy (non-hydrogen) atoms. The van der Waals surface area contributed by atoms with E-state index in [1.807, 2.05) is 0 Å². The molecule has 3 heteroatoms. The molecule has 2 aromatic heterocycles. The summed E-state index contributed by atoms with van der Waals surface area (Å²) in [5.41, 5.74) is 12.1. The summed E-state index contributed by atoms with van der Waals surface area (Å²) in [7, 11) is 0. The average molecular weight is 768 g/mol. The minimum atomic E-state index is -0.294. The van der Waals surface area contributed by atoms with Crippen LogP contribution in [-0.4, -0.2) is 9.55 Å². The van der Waals surface area contributed by atoms with E-state index >= 15 is 0 Å². The molecule has 11 aromatic rings. The van der Waals surface area contributed by atoms with Gasteiger partial charge in [-0.3, -0.25) is 9.47 Å². The second-order valence-electron chi connectivity index (χ2n) is 18.0. The van der Waals surface area contributed by atoms with E-state index in [2.05, 4.69) is 213 Å². The highest BCUT2D eigenvalue weighted by Gasteiger charge is 2.43. The maximum atomic E-state index is 5.62. The van der Waals surface area contributed by atoms with E-state index in [4.69, 9.17) is 4.98 Å². The number of fused-ring (bicyclic) bond motifs is 15. The van der Waals surface area contributed by atoms with Crippen molar-refractivity contribution in [3.8, 4) is 16.9 Å². The Morgan fingerprint density at radius 3 is 1.45 bits per heavy atom. The normalized spacial score (nSPS) is 14.9. The van der Waals surface area contributed by atoms with E-state index in [-0.39, 0.29) is 10.8 Å². The first kappa shape index (κ1) is 33.7. The minimum absolute atomic E-state index is 0.238. The van der Waals surface area contributed by atoms with Gasteiger partial charge in [0.05, 0.1) is 22.4 Å². The van der Waals surface area contributed by atoms with Crippen LogP contribution in [0.2, 0.25) is 0 Å². The van der Waals surface area contributed by atoms with E-state index in [1.165, 1.54) is 98.6 Å². The number of para-hydroxylation sites is 2. The standard InChI is InChI=1S/C57H41N3/c1-56(2)46-31-43-39-21-10-8-19-37(39)36-18-7-9-20-38(36)42(43)30-44(46)45-32-49-53(33-47(45)56)60(52-29-35-17-6-5-16-34(35)28-48(52)57(49,3)4)55-27-15-26-54(58-55)59-50-24-13-11-22-40(50)41-23-12-14-25-51(41)59/h5-33H,1-4H3. The maximum Gasteiger partial charge on any atom is 0.140 e. The number of hydrogen-bond donors (Lipinski definition) is 0. The summed E-state index contributed by atoms with van der Waals surface area (Å²) >= 11 is 0. The first-order valence-electron chi connectivity index (χ1n) is 21.1. The van der Waals surface area contributed by atoms with Gasteiger partial charge in [-0.15, -0.1) is 0 Å². The molecule has 13 rings (SSSR count). The van der Waals surface area contributed by atoms with Gasteiger partial charge >= 0.3 is 0 Å². The van der Waals surface area contributed by atoms with Crippen LogP contribution in [0.15, 0.2) is 176 Å². The third-order valence-electron chi connectivity index (χ3n) is 14.1. The monoisotopic (exact) mass is 767 g/mol. The highest BCUT2D eigenvalue weighted by atomic mass is 15.2. The van der Waals surface area contributed by atoms with Gasteiger partial charge in [-0.1, -0.05) is 143 Å². The Labute approximate surface area is 348 Å². The van der Waals surface area contributed by atoms with Crippen LogP contribution in [0.3, 0.4) is 0 Å². The van der Waals surface area contributed by atoms with Crippen molar-refractivity contribution in [1.82, 2.24) is 9.55 Å². The Hall–Kier alpha value is -7.23. The van der Waals surface area contributed by atoms with Gasteiger partial charge in [0.15, 0.2) is 0 Å². The number of pyridine rings is 1. The van der Waals surface area contributed by atoms with Crippen LogP contribution >= 0.6 is 0 Å². The van der Waals surface area contributed by atoms with Gasteiger partial charge in [-0.2, -0.15) is 0 Å². The van der Waals surface area contributed by atoms with Gasteiger partial charge in [0, 0.05) is 21.6 Å². The second kappa shape index (κ2) is 11.7. The summed E-state index contributed by atoms with van der Waals surface area (Å²) in [6, 6.07) is 65.4. The molecule has 1 aliphatic carbocycles. The Morgan fingerprint density at radius 2 is 0.800 bits per heavy atom. The van der Waals surface area contributed by atoms with Gasteiger partial charge in [0.2, 0.25) is 0 Å². The molecule has 0 amide bonds. The summed E-state index contributed by atoms with van der Waals surface area (Å²) in [4.78, 5) is 8.07. The van der Waals surface area contributed by atoms with Crippen molar-refractivity contribution in [2.45, 2.75) is 38.5 Å². The van der Waals surface area contributed by atoms with Crippen molar-refractivity contribution in [3.05, 3.63) is 198 Å². The highest BCUT2D eigenvalue weighted by Crippen LogP contribution is 2.58. The zero-order valence-corrected chi connectivity index (χ0v) is 34.1. The van der Waals surface area contributed by atoms with Crippen LogP contribution in [0, 0.1) is 0 Å². The van der Waals surface area contributed by atoms with Crippen LogP contribution in [0.4, 0.5) is 17.2 Å². The molecular weight excluding hydrogens is 727 g/mol. The third kappa shape index (κ3) is 4.36. The number of rotatable bonds is 2. The summed E-state index contributed by atoms with van der Waals surface area (Å²) < 4.78 is 2.32. The van der Waals surface area contributed by atoms with Gasteiger partial charge < -0.3 is 0 Å². The van der Waals surface area contributed by atoms with Crippen LogP contribution in [-0.2, 0) is 10.8 Å². The molecule has 3 heterocycles. The molecule has 0 saturated carbocycles. The Balaban J connectivity index is 1.09. The molecule has 0 saturated heterocycles. The molecule has 284 valence electrons. The number of aromatic nitrogens is 2. The van der Waals surface area contributed by atoms with E-state index in [9.17, 15) is 0 Å². The molecule has 0 unspecified atom stereocenters. The first-order valence-corrected chi connectivity index (χ1v) is 21.1. The minimum Gasteiger partial charge on any atom is -0.294 e. The van der Waals surface area contributed by atoms with Crippen molar-refractivity contribution in [2.75, 3.05) is 4.90 Å². The molecule has 0 N–H and O–H groups in total. The molecule has 2 aliphatic rings. The maximum absolute atomic E-state index is 5.62. The summed E-state index contributed by atoms with van der Waals surface area (Å²) in [5, 5.41) is 12.8. The number of anilines is 3. The number of hydrogen-bond acceptors (Lipinski definition) is 2. The predicted octanol–water partition coefficient (Wildman–Crippen LogP) is 15.2. The van der Waals surface area contributed by atoms with Gasteiger partial charge in [0.25, 0.3) is 0 Å². The highest BCUT2D eigenvalue weighted by molar-refractivity contribution is 6.26. The Kier molecular flexibility index (Phi) is 6.58. The zero-order chi connectivity index (χ0) is 40.1. The second-order valence-corrected chi connectivity index (χ2v) is 18.0. The Bertz CT molecular complexity index is 3620. The molecule has 0 bridgehead atoms. The summed E-state index contributed by atoms with van der Waals surface area (Å²) in [6.07, 6.45) is 0. The molecule has 3 nitrogen and oxygen atoms in total. The van der Waals surface area contributed by atoms with E-state index in [0.717, 1.165) is 22.7 Å². The molecular formula is C57H41N3. The smallest absolute Gasteiger partial charge is 0.140 e. The molecule has 0 spiro atoms. The molecule has 0 atom stereocenters. The molecule has 0 fully saturated rings. The predicted molar refractivity (Wildman–Crippen MR) is 253 cm³/mol. The van der Waals surface area contributed by atoms with Crippen molar-refractivity contribution < 1.29 is 0 Å². The Morgan fingerprint density at radius 1 is 0.350 bits per heavy atom. The van der Waals surface area contributed by atoms with Crippen LogP contribution in [0.5, 0.6) is 0 Å². The van der Waals surface area contributed by atoms with Crippen molar-refractivity contribution in [1.29, 1.82) is 0 Å². The number of benzene rings is 9. The largest absolute Gasteiger partial charge is 0.294 e. The van der Waals surface area contributed by atoms with Crippen LogP contribution < -0.4 is 4.90 Å². The van der Waals surface area contributed by atoms with E-state index < -0.39 is 0 Å². The van der Waals surface area contributed by atoms with Gasteiger partial charge in [-0.05, 0) is 137 Å². The molecule has 0 radical (unpaired) electrons. The zero-order valence-electron chi connectivity index (χ0n) is 34.1. The summed E-state index contributed by atoms with van der Waals surface area (Å²) in [6.45, 7) is 9.65. The topological polar surface area (TPSA) is 21.1 Å². The number of nitrogens with zero attached hydrogens (tertiary/aromatic N) is 3. The lowest BCUT2D eigenvalue weighted by Crippen LogP contribution is -2.31. The van der Waals surface area contributed by atoms with Crippen molar-refractivity contribution in [2.24, 2.45) is 0 Å². The van der Waals surface area contributed by atoms with Crippen molar-refractivity contribution in [3.63, 3.8) is 0 Å². The summed E-state index contributed by atoms with van der Waals surface area (Å²) in [5.74, 6) is 1.80. The van der Waals surface area contributed by atoms with Crippen molar-refractivity contribution >= 4 is 82.1 Å². The van der Waals surface area contributed by atoms with Crippen LogP contribution in [0.1, 0.15) is 49.9 Å². The first-order chi connectivity index (χ1) is 29.3. The van der Waals surface area contributed by atoms with Crippen LogP contribution in [0.25, 0.3) is 81.8 Å². The van der Waals surface area contributed by atoms with E-state index in [0.29, 0.717) is 0 Å². The molecule has 1 aliphatic heterocycles. The SMILES string of the molecule is CC1(C)c2cc3c(cc2-c2cc4c5ccccc5c5ccccc5c4cc21)C(C)(C)c1cc2ccccc2cc1N3c1cccc(-n2c3ccccc3c3ccccc32)n1. The van der Waals surface area contributed by atoms with Gasteiger partial charge in [-0.25, -0.2) is 4.98 Å².